The minimum absolute atomic E-state index is 0.328. The number of rotatable bonds is 6. The highest BCUT2D eigenvalue weighted by Gasteiger charge is 2.26. The highest BCUT2D eigenvalue weighted by atomic mass is 32.2. The van der Waals surface area contributed by atoms with Gasteiger partial charge in [0.05, 0.1) is 11.5 Å². The zero-order chi connectivity index (χ0) is 12.9. The van der Waals surface area contributed by atoms with Crippen LogP contribution in [0.25, 0.3) is 0 Å². The molecule has 1 aliphatic rings. The number of nitrogens with zero attached hydrogens (tertiary/aromatic N) is 1. The molecule has 4 nitrogen and oxygen atoms in total. The molecule has 0 aromatic heterocycles. The minimum Gasteiger partial charge on any atom is -0.313 e. The van der Waals surface area contributed by atoms with Gasteiger partial charge in [0.25, 0.3) is 0 Å². The molecule has 0 aliphatic carbocycles. The van der Waals surface area contributed by atoms with Gasteiger partial charge in [0.2, 0.25) is 0 Å². The smallest absolute Gasteiger partial charge is 0.152 e. The summed E-state index contributed by atoms with van der Waals surface area (Å²) in [6, 6.07) is 0.973. The molecule has 0 aromatic rings. The molecule has 102 valence electrons. The minimum atomic E-state index is -2.76. The lowest BCUT2D eigenvalue weighted by atomic mass is 10.1. The number of nitrogens with one attached hydrogen (secondary N) is 1. The lowest BCUT2D eigenvalue weighted by Crippen LogP contribution is -2.50. The fourth-order valence-corrected chi connectivity index (χ4v) is 3.44. The molecule has 0 spiro atoms. The molecule has 0 aromatic carbocycles. The van der Waals surface area contributed by atoms with E-state index in [9.17, 15) is 8.42 Å². The second-order valence-electron chi connectivity index (χ2n) is 5.19. The van der Waals surface area contributed by atoms with Gasteiger partial charge >= 0.3 is 0 Å². The molecular weight excluding hydrogens is 236 g/mol. The van der Waals surface area contributed by atoms with Gasteiger partial charge < -0.3 is 5.32 Å². The molecule has 17 heavy (non-hydrogen) atoms. The molecule has 0 bridgehead atoms. The Morgan fingerprint density at radius 3 is 2.29 bits per heavy atom. The van der Waals surface area contributed by atoms with Crippen molar-refractivity contribution in [3.63, 3.8) is 0 Å². The van der Waals surface area contributed by atoms with Crippen LogP contribution < -0.4 is 5.32 Å². The molecule has 1 heterocycles. The third-order valence-electron chi connectivity index (χ3n) is 3.28. The van der Waals surface area contributed by atoms with Crippen molar-refractivity contribution < 1.29 is 8.42 Å². The third kappa shape index (κ3) is 5.36. The number of hydrogen-bond acceptors (Lipinski definition) is 4. The second kappa shape index (κ2) is 6.71. The first kappa shape index (κ1) is 14.9. The van der Waals surface area contributed by atoms with Crippen molar-refractivity contribution in [2.24, 2.45) is 0 Å². The summed E-state index contributed by atoms with van der Waals surface area (Å²) in [7, 11) is -2.76. The Kier molecular flexibility index (Phi) is 5.89. The monoisotopic (exact) mass is 262 g/mol. The quantitative estimate of drug-likeness (QED) is 0.772. The van der Waals surface area contributed by atoms with Crippen molar-refractivity contribution in [1.82, 2.24) is 10.2 Å². The van der Waals surface area contributed by atoms with Gasteiger partial charge in [-0.25, -0.2) is 8.42 Å². The zero-order valence-corrected chi connectivity index (χ0v) is 12.1. The van der Waals surface area contributed by atoms with Crippen LogP contribution in [0.5, 0.6) is 0 Å². The lowest BCUT2D eigenvalue weighted by Gasteiger charge is -2.35. The Balaban J connectivity index is 2.47. The van der Waals surface area contributed by atoms with E-state index in [1.807, 2.05) is 0 Å². The number of hydrogen-bond donors (Lipinski definition) is 1. The molecule has 0 radical (unpaired) electrons. The van der Waals surface area contributed by atoms with Crippen LogP contribution in [0.3, 0.4) is 0 Å². The summed E-state index contributed by atoms with van der Waals surface area (Å²) in [6.07, 6.45) is 2.29. The summed E-state index contributed by atoms with van der Waals surface area (Å²) in [6.45, 7) is 8.83. The van der Waals surface area contributed by atoms with Crippen molar-refractivity contribution in [2.75, 3.05) is 31.1 Å². The summed E-state index contributed by atoms with van der Waals surface area (Å²) in [5, 5.41) is 3.46. The van der Waals surface area contributed by atoms with Crippen LogP contribution in [0.1, 0.15) is 33.6 Å². The van der Waals surface area contributed by atoms with Crippen LogP contribution >= 0.6 is 0 Å². The Bertz CT molecular complexity index is 300. The fourth-order valence-electron chi connectivity index (χ4n) is 2.21. The first-order valence-electron chi connectivity index (χ1n) is 6.62. The summed E-state index contributed by atoms with van der Waals surface area (Å²) in [5.74, 6) is 0.657. The van der Waals surface area contributed by atoms with Gasteiger partial charge in [-0.2, -0.15) is 0 Å². The van der Waals surface area contributed by atoms with E-state index < -0.39 is 9.84 Å². The topological polar surface area (TPSA) is 49.4 Å². The highest BCUT2D eigenvalue weighted by molar-refractivity contribution is 7.91. The Hall–Kier alpha value is -0.130. The molecule has 1 atom stereocenters. The average Bonchev–Trinajstić information content (AvgIpc) is 2.24. The van der Waals surface area contributed by atoms with Crippen LogP contribution in [0.2, 0.25) is 0 Å². The summed E-state index contributed by atoms with van der Waals surface area (Å²) in [5.41, 5.74) is 0. The molecule has 1 N–H and O–H groups in total. The van der Waals surface area contributed by atoms with E-state index in [0.717, 1.165) is 19.4 Å². The predicted octanol–water partition coefficient (Wildman–Crippen LogP) is 0.884. The normalized spacial score (nSPS) is 22.8. The molecule has 1 rings (SSSR count). The van der Waals surface area contributed by atoms with Crippen LogP contribution in [0.4, 0.5) is 0 Å². The van der Waals surface area contributed by atoms with Gasteiger partial charge in [-0.3, -0.25) is 4.90 Å². The maximum atomic E-state index is 11.4. The molecule has 0 amide bonds. The molecule has 1 unspecified atom stereocenters. The molecule has 1 aliphatic heterocycles. The van der Waals surface area contributed by atoms with E-state index in [2.05, 4.69) is 31.0 Å². The maximum Gasteiger partial charge on any atom is 0.152 e. The summed E-state index contributed by atoms with van der Waals surface area (Å²) < 4.78 is 22.8. The largest absolute Gasteiger partial charge is 0.313 e. The second-order valence-corrected chi connectivity index (χ2v) is 7.50. The van der Waals surface area contributed by atoms with Crippen molar-refractivity contribution in [1.29, 1.82) is 0 Å². The van der Waals surface area contributed by atoms with Crippen molar-refractivity contribution in [3.8, 4) is 0 Å². The van der Waals surface area contributed by atoms with Gasteiger partial charge in [0, 0.05) is 31.7 Å². The van der Waals surface area contributed by atoms with E-state index >= 15 is 0 Å². The van der Waals surface area contributed by atoms with Crippen LogP contribution in [-0.4, -0.2) is 56.5 Å². The van der Waals surface area contributed by atoms with Gasteiger partial charge in [0.15, 0.2) is 9.84 Å². The molecule has 1 saturated heterocycles. The van der Waals surface area contributed by atoms with Crippen molar-refractivity contribution in [2.45, 2.75) is 45.7 Å². The average molecular weight is 262 g/mol. The first-order valence-corrected chi connectivity index (χ1v) is 8.44. The fraction of sp³-hybridized carbons (Fsp3) is 1.00. The molecule has 1 fully saturated rings. The van der Waals surface area contributed by atoms with E-state index in [1.165, 1.54) is 0 Å². The van der Waals surface area contributed by atoms with Crippen molar-refractivity contribution >= 4 is 9.84 Å². The van der Waals surface area contributed by atoms with E-state index in [1.54, 1.807) is 0 Å². The van der Waals surface area contributed by atoms with E-state index in [4.69, 9.17) is 0 Å². The SMILES string of the molecule is CCCC(CNC(C)C)N1CCS(=O)(=O)CC1. The van der Waals surface area contributed by atoms with Crippen LogP contribution in [0.15, 0.2) is 0 Å². The summed E-state index contributed by atoms with van der Waals surface area (Å²) >= 11 is 0. The van der Waals surface area contributed by atoms with Gasteiger partial charge in [-0.1, -0.05) is 27.2 Å². The molecular formula is C12H26N2O2S. The highest BCUT2D eigenvalue weighted by Crippen LogP contribution is 2.12. The van der Waals surface area contributed by atoms with Gasteiger partial charge in [-0.05, 0) is 6.42 Å². The lowest BCUT2D eigenvalue weighted by molar-refractivity contribution is 0.193. The predicted molar refractivity (Wildman–Crippen MR) is 72.1 cm³/mol. The van der Waals surface area contributed by atoms with Crippen molar-refractivity contribution in [3.05, 3.63) is 0 Å². The maximum absolute atomic E-state index is 11.4. The van der Waals surface area contributed by atoms with Crippen LogP contribution in [0, 0.1) is 0 Å². The first-order chi connectivity index (χ1) is 7.94. The number of sulfone groups is 1. The zero-order valence-electron chi connectivity index (χ0n) is 11.3. The summed E-state index contributed by atoms with van der Waals surface area (Å²) in [4.78, 5) is 2.33. The van der Waals surface area contributed by atoms with E-state index in [0.29, 0.717) is 36.7 Å². The Labute approximate surface area is 106 Å². The van der Waals surface area contributed by atoms with Gasteiger partial charge in [-0.15, -0.1) is 0 Å². The van der Waals surface area contributed by atoms with Gasteiger partial charge in [0.1, 0.15) is 0 Å². The van der Waals surface area contributed by atoms with E-state index in [-0.39, 0.29) is 0 Å². The standard InChI is InChI=1S/C12H26N2O2S/c1-4-5-12(10-13-11(2)3)14-6-8-17(15,16)9-7-14/h11-13H,4-10H2,1-3H3. The van der Waals surface area contributed by atoms with Crippen LogP contribution in [-0.2, 0) is 9.84 Å². The molecule has 0 saturated carbocycles. The Morgan fingerprint density at radius 1 is 1.24 bits per heavy atom. The Morgan fingerprint density at radius 2 is 1.82 bits per heavy atom. The molecule has 5 heteroatoms. The third-order valence-corrected chi connectivity index (χ3v) is 4.89.